The van der Waals surface area contributed by atoms with E-state index in [0.717, 1.165) is 11.6 Å². The van der Waals surface area contributed by atoms with E-state index in [1.807, 2.05) is 23.8 Å². The Balaban J connectivity index is 1.53. The summed E-state index contributed by atoms with van der Waals surface area (Å²) < 4.78 is 29.5. The van der Waals surface area contributed by atoms with Crippen molar-refractivity contribution in [3.8, 4) is 5.82 Å². The summed E-state index contributed by atoms with van der Waals surface area (Å²) in [6.45, 7) is 5.44. The van der Waals surface area contributed by atoms with Crippen molar-refractivity contribution in [2.45, 2.75) is 18.7 Å². The highest BCUT2D eigenvalue weighted by Gasteiger charge is 2.30. The van der Waals surface area contributed by atoms with Gasteiger partial charge in [-0.2, -0.15) is 4.31 Å². The van der Waals surface area contributed by atoms with E-state index < -0.39 is 10.0 Å². The minimum absolute atomic E-state index is 0.263. The fraction of sp³-hybridized carbons (Fsp3) is 0.316. The Hall–Kier alpha value is -2.49. The van der Waals surface area contributed by atoms with Gasteiger partial charge in [-0.05, 0) is 31.5 Å². The normalized spacial score (nSPS) is 15.6. The molecule has 10 heteroatoms. The van der Waals surface area contributed by atoms with Gasteiger partial charge in [0.15, 0.2) is 0 Å². The molecule has 29 heavy (non-hydrogen) atoms. The fourth-order valence-corrected chi connectivity index (χ4v) is 5.28. The van der Waals surface area contributed by atoms with Gasteiger partial charge < -0.3 is 4.90 Å². The molecule has 3 heterocycles. The zero-order chi connectivity index (χ0) is 20.6. The van der Waals surface area contributed by atoms with Gasteiger partial charge in [0.25, 0.3) is 0 Å². The van der Waals surface area contributed by atoms with Crippen LogP contribution in [0.25, 0.3) is 5.82 Å². The minimum Gasteiger partial charge on any atom is -0.354 e. The van der Waals surface area contributed by atoms with Gasteiger partial charge in [0.1, 0.15) is 23.8 Å². The summed E-state index contributed by atoms with van der Waals surface area (Å²) in [4.78, 5) is 15.4. The van der Waals surface area contributed by atoms with Crippen LogP contribution in [0.15, 0.2) is 47.9 Å². The van der Waals surface area contributed by atoms with Crippen LogP contribution in [0.5, 0.6) is 0 Å². The molecule has 0 radical (unpaired) electrons. The number of halogens is 1. The first kappa shape index (κ1) is 19.8. The topological polar surface area (TPSA) is 84.2 Å². The molecule has 0 saturated carbocycles. The molecule has 152 valence electrons. The third-order valence-corrected chi connectivity index (χ3v) is 7.19. The summed E-state index contributed by atoms with van der Waals surface area (Å²) in [6.07, 6.45) is 5.20. The summed E-state index contributed by atoms with van der Waals surface area (Å²) >= 11 is 6.03. The molecule has 1 aliphatic heterocycles. The van der Waals surface area contributed by atoms with Gasteiger partial charge in [-0.25, -0.2) is 23.4 Å². The summed E-state index contributed by atoms with van der Waals surface area (Å²) in [6, 6.07) is 6.83. The molecule has 0 N–H and O–H groups in total. The van der Waals surface area contributed by atoms with Crippen molar-refractivity contribution in [1.82, 2.24) is 23.8 Å². The second-order valence-electron chi connectivity index (χ2n) is 6.90. The van der Waals surface area contributed by atoms with Gasteiger partial charge in [-0.15, -0.1) is 0 Å². The lowest BCUT2D eigenvalue weighted by molar-refractivity contribution is 0.383. The van der Waals surface area contributed by atoms with Gasteiger partial charge >= 0.3 is 0 Å². The van der Waals surface area contributed by atoms with Crippen LogP contribution >= 0.6 is 11.6 Å². The predicted molar refractivity (Wildman–Crippen MR) is 111 cm³/mol. The summed E-state index contributed by atoms with van der Waals surface area (Å²) in [5, 5.41) is 0.413. The molecule has 0 amide bonds. The van der Waals surface area contributed by atoms with Gasteiger partial charge in [-0.1, -0.05) is 17.7 Å². The molecule has 1 aliphatic rings. The van der Waals surface area contributed by atoms with Gasteiger partial charge in [0.2, 0.25) is 10.0 Å². The number of sulfonamides is 1. The third kappa shape index (κ3) is 3.98. The van der Waals surface area contributed by atoms with E-state index in [-0.39, 0.29) is 4.90 Å². The highest BCUT2D eigenvalue weighted by molar-refractivity contribution is 7.89. The summed E-state index contributed by atoms with van der Waals surface area (Å²) in [7, 11) is -3.60. The van der Waals surface area contributed by atoms with Crippen molar-refractivity contribution < 1.29 is 8.42 Å². The average Bonchev–Trinajstić information content (AvgIpc) is 3.24. The van der Waals surface area contributed by atoms with E-state index in [1.165, 1.54) is 10.4 Å². The molecule has 1 saturated heterocycles. The number of imidazole rings is 1. The lowest BCUT2D eigenvalue weighted by atomic mass is 10.2. The number of nitrogens with zero attached hydrogens (tertiary/aromatic N) is 6. The number of anilines is 1. The van der Waals surface area contributed by atoms with Crippen molar-refractivity contribution in [2.75, 3.05) is 31.1 Å². The summed E-state index contributed by atoms with van der Waals surface area (Å²) in [5.74, 6) is 2.16. The molecule has 0 bridgehead atoms. The van der Waals surface area contributed by atoms with E-state index >= 15 is 0 Å². The van der Waals surface area contributed by atoms with Crippen LogP contribution in [-0.2, 0) is 10.0 Å². The van der Waals surface area contributed by atoms with Crippen LogP contribution in [-0.4, -0.2) is 58.4 Å². The first-order valence-electron chi connectivity index (χ1n) is 9.20. The largest absolute Gasteiger partial charge is 0.354 e. The second-order valence-corrected chi connectivity index (χ2v) is 9.25. The van der Waals surface area contributed by atoms with Crippen molar-refractivity contribution in [2.24, 2.45) is 0 Å². The maximum atomic E-state index is 13.1. The molecule has 8 nitrogen and oxygen atoms in total. The van der Waals surface area contributed by atoms with E-state index in [0.29, 0.717) is 42.6 Å². The van der Waals surface area contributed by atoms with E-state index in [4.69, 9.17) is 11.6 Å². The van der Waals surface area contributed by atoms with E-state index in [1.54, 1.807) is 31.6 Å². The molecule has 1 aromatic carbocycles. The number of aryl methyl sites for hydroxylation is 2. The molecule has 0 unspecified atom stereocenters. The lowest BCUT2D eigenvalue weighted by Crippen LogP contribution is -2.49. The molecule has 0 atom stereocenters. The smallest absolute Gasteiger partial charge is 0.243 e. The Bertz CT molecular complexity index is 1130. The molecular formula is C19H21ClN6O2S. The Morgan fingerprint density at radius 1 is 1.00 bits per heavy atom. The number of hydrogen-bond donors (Lipinski definition) is 0. The number of piperazine rings is 1. The molecule has 1 fully saturated rings. The van der Waals surface area contributed by atoms with Gasteiger partial charge in [0.05, 0.1) is 4.90 Å². The lowest BCUT2D eigenvalue weighted by Gasteiger charge is -2.35. The zero-order valence-corrected chi connectivity index (χ0v) is 17.7. The Labute approximate surface area is 174 Å². The summed E-state index contributed by atoms with van der Waals surface area (Å²) in [5.41, 5.74) is 0.688. The highest BCUT2D eigenvalue weighted by Crippen LogP contribution is 2.25. The maximum absolute atomic E-state index is 13.1. The molecular weight excluding hydrogens is 412 g/mol. The number of hydrogen-bond acceptors (Lipinski definition) is 6. The van der Waals surface area contributed by atoms with Crippen LogP contribution in [0, 0.1) is 13.8 Å². The van der Waals surface area contributed by atoms with Crippen LogP contribution < -0.4 is 4.90 Å². The Morgan fingerprint density at radius 2 is 1.72 bits per heavy atom. The van der Waals surface area contributed by atoms with Crippen LogP contribution in [0.4, 0.5) is 5.82 Å². The van der Waals surface area contributed by atoms with Crippen molar-refractivity contribution in [3.05, 3.63) is 59.4 Å². The number of aromatic nitrogens is 4. The van der Waals surface area contributed by atoms with Crippen LogP contribution in [0.2, 0.25) is 5.02 Å². The van der Waals surface area contributed by atoms with Gasteiger partial charge in [-0.3, -0.25) is 4.57 Å². The molecule has 0 aliphatic carbocycles. The molecule has 2 aromatic heterocycles. The van der Waals surface area contributed by atoms with Crippen molar-refractivity contribution >= 4 is 27.4 Å². The fourth-order valence-electron chi connectivity index (χ4n) is 3.37. The number of benzene rings is 1. The average molecular weight is 433 g/mol. The molecule has 3 aromatic rings. The van der Waals surface area contributed by atoms with Crippen LogP contribution in [0.3, 0.4) is 0 Å². The quantitative estimate of drug-likeness (QED) is 0.629. The first-order valence-corrected chi connectivity index (χ1v) is 11.0. The van der Waals surface area contributed by atoms with Crippen LogP contribution in [0.1, 0.15) is 11.4 Å². The standard InChI is InChI=1S/C19H21ClN6O2S/c1-14-3-4-16(20)11-17(14)29(27,28)26-9-7-24(8-10-26)18-12-19(23-15(2)22-18)25-6-5-21-13-25/h3-6,11-13H,7-10H2,1-2H3. The third-order valence-electron chi connectivity index (χ3n) is 4.91. The highest BCUT2D eigenvalue weighted by atomic mass is 35.5. The van der Waals surface area contributed by atoms with Crippen molar-refractivity contribution in [3.63, 3.8) is 0 Å². The minimum atomic E-state index is -3.60. The predicted octanol–water partition coefficient (Wildman–Crippen LogP) is 2.44. The Kier molecular flexibility index (Phi) is 5.28. The first-order chi connectivity index (χ1) is 13.8. The second kappa shape index (κ2) is 7.74. The van der Waals surface area contributed by atoms with Gasteiger partial charge in [0, 0.05) is 49.7 Å². The number of rotatable bonds is 4. The monoisotopic (exact) mass is 432 g/mol. The van der Waals surface area contributed by atoms with Crippen molar-refractivity contribution in [1.29, 1.82) is 0 Å². The van der Waals surface area contributed by atoms with E-state index in [2.05, 4.69) is 19.9 Å². The van der Waals surface area contributed by atoms with E-state index in [9.17, 15) is 8.42 Å². The molecule has 4 rings (SSSR count). The zero-order valence-electron chi connectivity index (χ0n) is 16.2. The SMILES string of the molecule is Cc1nc(N2CCN(S(=O)(=O)c3cc(Cl)ccc3C)CC2)cc(-n2ccnc2)n1. The molecule has 0 spiro atoms. The maximum Gasteiger partial charge on any atom is 0.243 e. The Morgan fingerprint density at radius 3 is 2.41 bits per heavy atom.